The van der Waals surface area contributed by atoms with Crippen molar-refractivity contribution in [3.8, 4) is 11.5 Å². The van der Waals surface area contributed by atoms with Crippen LogP contribution in [0.5, 0.6) is 11.5 Å². The number of hydrogen-bond donors (Lipinski definition) is 24. The van der Waals surface area contributed by atoms with Crippen LogP contribution >= 0.6 is 23.5 Å². The first-order chi connectivity index (χ1) is 63.1. The van der Waals surface area contributed by atoms with E-state index in [2.05, 4.69) is 94.4 Å². The number of aromatic nitrogens is 4. The number of pyridine rings is 1. The summed E-state index contributed by atoms with van der Waals surface area (Å²) in [6, 6.07) is 7.03. The number of amides is 14. The number of phenolic OH excluding ortho intramolecular Hbond substituents is 2. The number of primary amides is 1. The zero-order chi connectivity index (χ0) is 97.3. The van der Waals surface area contributed by atoms with E-state index in [1.54, 1.807) is 89.2 Å². The summed E-state index contributed by atoms with van der Waals surface area (Å²) in [6.45, 7) is 11.9. The number of carboxylic acid groups (broad SMARTS) is 1. The van der Waals surface area contributed by atoms with Crippen molar-refractivity contribution in [3.63, 3.8) is 0 Å². The van der Waals surface area contributed by atoms with E-state index in [-0.39, 0.29) is 104 Å². The third-order valence-electron chi connectivity index (χ3n) is 21.5. The van der Waals surface area contributed by atoms with Gasteiger partial charge in [-0.05, 0) is 114 Å². The van der Waals surface area contributed by atoms with Gasteiger partial charge < -0.3 is 121 Å². The molecule has 7 aromatic rings. The second-order valence-electron chi connectivity index (χ2n) is 33.6. The minimum absolute atomic E-state index is 0.0839. The minimum atomic E-state index is -1.98. The number of benzene rings is 4. The predicted octanol–water partition coefficient (Wildman–Crippen LogP) is -0.546. The van der Waals surface area contributed by atoms with Crippen LogP contribution in [0.15, 0.2) is 134 Å². The Kier molecular flexibility index (Phi) is 39.9. The molecular weight excluding hydrogens is 1760 g/mol. The summed E-state index contributed by atoms with van der Waals surface area (Å²) in [5.74, 6) is -16.0. The summed E-state index contributed by atoms with van der Waals surface area (Å²) in [5.41, 5.74) is 14.5. The predicted molar refractivity (Wildman–Crippen MR) is 493 cm³/mol. The monoisotopic (exact) mass is 1880 g/mol. The Bertz CT molecular complexity index is 5210. The number of aromatic hydroxyl groups is 2. The molecule has 26 N–H and O–H groups in total. The first-order valence-corrected chi connectivity index (χ1v) is 45.6. The zero-order valence-corrected chi connectivity index (χ0v) is 76.5. The first kappa shape index (κ1) is 105. The maximum absolute atomic E-state index is 15.4. The third kappa shape index (κ3) is 33.3. The van der Waals surface area contributed by atoms with Crippen molar-refractivity contribution >= 4 is 129 Å². The van der Waals surface area contributed by atoms with Crippen molar-refractivity contribution in [2.24, 2.45) is 16.9 Å². The quantitative estimate of drug-likeness (QED) is 0.0252. The number of aliphatic hydroxyl groups excluding tert-OH is 2. The van der Waals surface area contributed by atoms with Crippen molar-refractivity contribution < 1.29 is 97.5 Å². The number of aliphatic hydroxyl groups is 2. The molecule has 0 aliphatic carbocycles. The summed E-state index contributed by atoms with van der Waals surface area (Å²) in [7, 11) is 0. The lowest BCUT2D eigenvalue weighted by atomic mass is 9.85. The minimum Gasteiger partial charge on any atom is -0.508 e. The summed E-state index contributed by atoms with van der Waals surface area (Å²) >= 11 is 2.35. The molecule has 8 rings (SSSR count). The number of carboxylic acids is 1. The Balaban J connectivity index is 1.19. The molecule has 15 atom stereocenters. The van der Waals surface area contributed by atoms with Gasteiger partial charge in [-0.3, -0.25) is 77.3 Å². The molecule has 0 saturated carbocycles. The van der Waals surface area contributed by atoms with E-state index in [0.29, 0.717) is 44.4 Å². The maximum atomic E-state index is 15.4. The lowest BCUT2D eigenvalue weighted by Crippen LogP contribution is -2.63. The fourth-order valence-electron chi connectivity index (χ4n) is 14.3. The molecule has 41 nitrogen and oxygen atoms in total. The molecule has 2 bridgehead atoms. The molecule has 0 spiro atoms. The highest BCUT2D eigenvalue weighted by atomic mass is 32.2. The molecule has 14 amide bonds. The molecule has 0 fully saturated rings. The summed E-state index contributed by atoms with van der Waals surface area (Å²) < 4.78 is 0. The Morgan fingerprint density at radius 2 is 1.01 bits per heavy atom. The number of carbonyl (C=O) groups is 15. The standard InChI is InChI=1S/C90H119N21O20S2/c1-9-13-61-77(120)102-63(30-31-71(117)118)78(121)103-65(35-51-22-26-58(115)27-23-51)81(124)101-62(14-10-2)79(122)109-73(48(4)113)87(130)107-69(75(91)119)44-132-42-54-15-11-16-55(33-54)43-133-45-70(108-80(123)64(99-49(5)114)34-50-18-20-53(21-19-50)39-97-89(92)93)85(128)111-74(90(6,7)8)88(131)106-66(36-52-24-28-59(116)29-25-52)82(125)104-68(38-57-41-94-46-98-57)84(127)110-72(47(3)112)86(129)105-67(83(126)100-61)37-56-40-96-76-60(56)17-12-32-95-76/h11-12,15-29,32-33,40-41,46-48,61-70,72-74,112-113,115-116H,9-10,13-14,30-31,34-39,42-45H2,1-8H3,(H2,91,119)(H,94,98)(H,95,96)(H,99,114)(H,100,126)(H,101,124)(H,102,120)(H,103,121)(H,104,125)(H,105,129)(H,106,131)(H,107,130)(H,108,123)(H,109,122)(H,110,127)(H,111,128)(H,117,118)(H4,92,93,97)/t47-,48-,61+,62+,63+,64+,65+,66+,67+,68+,69+,70+,72+,73+,74-/m1/s1. The lowest BCUT2D eigenvalue weighted by molar-refractivity contribution is -0.139. The number of nitrogens with zero attached hydrogens (tertiary/aromatic N) is 2. The molecule has 0 unspecified atom stereocenters. The number of aromatic amines is 2. The third-order valence-corrected chi connectivity index (χ3v) is 23.7. The van der Waals surface area contributed by atoms with Gasteiger partial charge in [-0.2, -0.15) is 23.5 Å². The van der Waals surface area contributed by atoms with Gasteiger partial charge in [0.25, 0.3) is 0 Å². The van der Waals surface area contributed by atoms with Gasteiger partial charge >= 0.3 is 5.97 Å². The van der Waals surface area contributed by atoms with Crippen LogP contribution in [0.2, 0.25) is 0 Å². The number of fused-ring (bicyclic) bond motifs is 3. The van der Waals surface area contributed by atoms with E-state index >= 15 is 28.8 Å². The highest BCUT2D eigenvalue weighted by Crippen LogP contribution is 2.26. The Morgan fingerprint density at radius 1 is 0.541 bits per heavy atom. The maximum Gasteiger partial charge on any atom is 0.303 e. The number of hydrogen-bond acceptors (Lipinski definition) is 24. The smallest absolute Gasteiger partial charge is 0.303 e. The molecule has 3 aromatic heterocycles. The van der Waals surface area contributed by atoms with Gasteiger partial charge in [0, 0.05) is 105 Å². The Morgan fingerprint density at radius 3 is 1.50 bits per heavy atom. The van der Waals surface area contributed by atoms with Crippen LogP contribution in [0.4, 0.5) is 0 Å². The number of thioether (sulfide) groups is 2. The Hall–Kier alpha value is -13.7. The van der Waals surface area contributed by atoms with Crippen molar-refractivity contribution in [2.75, 3.05) is 11.5 Å². The zero-order valence-electron chi connectivity index (χ0n) is 74.9. The number of nitrogens with two attached hydrogens (primary N) is 2. The average Bonchev–Trinajstić information content (AvgIpc) is 1.08. The second kappa shape index (κ2) is 50.6. The number of aliphatic carboxylic acids is 1. The lowest BCUT2D eigenvalue weighted by Gasteiger charge is -2.33. The van der Waals surface area contributed by atoms with E-state index < -0.39 is 204 Å². The number of phenols is 2. The highest BCUT2D eigenvalue weighted by Gasteiger charge is 2.42. The molecule has 43 heteroatoms. The van der Waals surface area contributed by atoms with Gasteiger partial charge in [0.05, 0.1) is 18.5 Å². The van der Waals surface area contributed by atoms with Crippen LogP contribution in [0.3, 0.4) is 0 Å². The number of guanidine groups is 1. The van der Waals surface area contributed by atoms with Crippen LogP contribution in [0, 0.1) is 10.8 Å². The average molecular weight is 1880 g/mol. The van der Waals surface area contributed by atoms with Gasteiger partial charge in [0.1, 0.15) is 95.7 Å². The van der Waals surface area contributed by atoms with Gasteiger partial charge in [0.15, 0.2) is 5.96 Å². The van der Waals surface area contributed by atoms with Gasteiger partial charge in [-0.1, -0.05) is 120 Å². The van der Waals surface area contributed by atoms with Gasteiger partial charge in [0.2, 0.25) is 82.7 Å². The fraction of sp³-hybridized carbons (Fsp3) is 0.444. The van der Waals surface area contributed by atoms with Gasteiger partial charge in [-0.25, -0.2) is 9.97 Å². The number of carbonyl (C=O) groups excluding carboxylic acids is 14. The van der Waals surface area contributed by atoms with Crippen molar-refractivity contribution in [1.29, 1.82) is 5.41 Å². The number of rotatable bonds is 25. The molecule has 0 radical (unpaired) electrons. The molecule has 133 heavy (non-hydrogen) atoms. The highest BCUT2D eigenvalue weighted by molar-refractivity contribution is 7.98. The van der Waals surface area contributed by atoms with E-state index in [4.69, 9.17) is 16.9 Å². The molecular formula is C90H119N21O20S2. The van der Waals surface area contributed by atoms with E-state index in [1.807, 2.05) is 6.07 Å². The van der Waals surface area contributed by atoms with Crippen molar-refractivity contribution in [2.45, 2.75) is 235 Å². The fourth-order valence-corrected chi connectivity index (χ4v) is 16.4. The van der Waals surface area contributed by atoms with E-state index in [9.17, 15) is 68.7 Å². The number of nitrogens with one attached hydrogen (secondary N) is 17. The molecule has 4 heterocycles. The molecule has 1 aliphatic rings. The normalized spacial score (nSPS) is 22.4. The van der Waals surface area contributed by atoms with Crippen molar-refractivity contribution in [3.05, 3.63) is 179 Å². The Labute approximate surface area is 775 Å². The molecule has 0 saturated heterocycles. The van der Waals surface area contributed by atoms with Crippen LogP contribution in [-0.2, 0) is 122 Å². The van der Waals surface area contributed by atoms with Crippen LogP contribution in [-0.4, -0.2) is 242 Å². The largest absolute Gasteiger partial charge is 0.508 e. The topological polar surface area (TPSA) is 659 Å². The summed E-state index contributed by atoms with van der Waals surface area (Å²) in [5, 5.41) is 98.3. The summed E-state index contributed by atoms with van der Waals surface area (Å²) in [6.07, 6.45) is -0.750. The molecule has 4 aromatic carbocycles. The molecule has 716 valence electrons. The van der Waals surface area contributed by atoms with Gasteiger partial charge in [-0.15, -0.1) is 0 Å². The SMILES string of the molecule is CCC[C@@H]1NC(=O)[C@H](Cc2c[nH]c3ncccc23)NC(=O)[C@H]([C@@H](C)O)NC(=O)[C@H](Cc2cnc[nH]2)NC(=O)[C@H](Cc2ccc(O)cc2)NC(=O)[C@H](C(C)(C)C)NC(=O)[C@@H](NC(=O)[C@H](Cc2ccc(CNC(=N)N)cc2)NC(C)=O)CSCc2cccc(c2)CSC[C@@H](C(N)=O)NC(=O)[C@H]([C@@H](C)O)NC(=O)[C@H](CCC)NC(=O)[C@H](Cc2ccc(O)cc2)NC(=O)[C@H](CCC(=O)O)NC1=O. The van der Waals surface area contributed by atoms with Crippen molar-refractivity contribution in [1.82, 2.24) is 94.4 Å². The number of H-pyrrole nitrogens is 2. The molecule has 1 aliphatic heterocycles. The first-order valence-electron chi connectivity index (χ1n) is 43.3. The van der Waals surface area contributed by atoms with Crippen LogP contribution in [0.25, 0.3) is 11.0 Å². The summed E-state index contributed by atoms with van der Waals surface area (Å²) in [4.78, 5) is 232. The van der Waals surface area contributed by atoms with E-state index in [1.165, 1.54) is 111 Å². The number of imidazole rings is 1. The van der Waals surface area contributed by atoms with Crippen LogP contribution in [0.1, 0.15) is 139 Å². The van der Waals surface area contributed by atoms with E-state index in [0.717, 1.165) is 12.5 Å². The van der Waals surface area contributed by atoms with Crippen LogP contribution < -0.4 is 85.9 Å². The second-order valence-corrected chi connectivity index (χ2v) is 35.6.